The number of thioether (sulfide) groups is 1. The second-order valence-electron chi connectivity index (χ2n) is 4.71. The standard InChI is InChI=1S/C13H23N3O2S/c1-9-7-10(2)16(15-9)6-5-13(18)14-11(3)12(8-17)19-4/h7,11-12,17H,5-6,8H2,1-4H3,(H,14,18). The van der Waals surface area contributed by atoms with E-state index in [2.05, 4.69) is 10.4 Å². The van der Waals surface area contributed by atoms with E-state index in [1.54, 1.807) is 11.8 Å². The van der Waals surface area contributed by atoms with Gasteiger partial charge in [0.05, 0.1) is 12.3 Å². The Morgan fingerprint density at radius 3 is 2.74 bits per heavy atom. The minimum absolute atomic E-state index is 0.00690. The van der Waals surface area contributed by atoms with Gasteiger partial charge in [-0.2, -0.15) is 16.9 Å². The zero-order valence-electron chi connectivity index (χ0n) is 12.0. The highest BCUT2D eigenvalue weighted by Crippen LogP contribution is 2.10. The molecule has 6 heteroatoms. The zero-order chi connectivity index (χ0) is 14.4. The number of amides is 1. The number of rotatable bonds is 7. The van der Waals surface area contributed by atoms with Gasteiger partial charge in [0.2, 0.25) is 5.91 Å². The Morgan fingerprint density at radius 2 is 2.26 bits per heavy atom. The Balaban J connectivity index is 2.41. The third-order valence-corrected chi connectivity index (χ3v) is 4.25. The van der Waals surface area contributed by atoms with Gasteiger partial charge < -0.3 is 10.4 Å². The van der Waals surface area contributed by atoms with Crippen LogP contribution in [0.3, 0.4) is 0 Å². The van der Waals surface area contributed by atoms with Crippen LogP contribution in [0.1, 0.15) is 24.7 Å². The maximum atomic E-state index is 11.8. The van der Waals surface area contributed by atoms with Crippen molar-refractivity contribution in [2.45, 2.75) is 45.0 Å². The van der Waals surface area contributed by atoms with E-state index in [4.69, 9.17) is 0 Å². The van der Waals surface area contributed by atoms with Crippen LogP contribution in [0.4, 0.5) is 0 Å². The van der Waals surface area contributed by atoms with Gasteiger partial charge >= 0.3 is 0 Å². The first-order valence-corrected chi connectivity index (χ1v) is 7.70. The lowest BCUT2D eigenvalue weighted by molar-refractivity contribution is -0.122. The van der Waals surface area contributed by atoms with Crippen LogP contribution < -0.4 is 5.32 Å². The molecule has 0 fully saturated rings. The maximum Gasteiger partial charge on any atom is 0.222 e. The largest absolute Gasteiger partial charge is 0.395 e. The number of nitrogens with zero attached hydrogens (tertiary/aromatic N) is 2. The average molecular weight is 285 g/mol. The summed E-state index contributed by atoms with van der Waals surface area (Å²) >= 11 is 1.56. The van der Waals surface area contributed by atoms with Crippen molar-refractivity contribution in [3.05, 3.63) is 17.5 Å². The summed E-state index contributed by atoms with van der Waals surface area (Å²) < 4.78 is 1.84. The average Bonchev–Trinajstić information content (AvgIpc) is 2.66. The molecule has 0 aliphatic carbocycles. The Hall–Kier alpha value is -1.01. The van der Waals surface area contributed by atoms with Gasteiger partial charge in [-0.1, -0.05) is 0 Å². The number of carbonyl (C=O) groups is 1. The lowest BCUT2D eigenvalue weighted by Gasteiger charge is -2.21. The first-order valence-electron chi connectivity index (χ1n) is 6.42. The van der Waals surface area contributed by atoms with E-state index in [1.165, 1.54) is 0 Å². The van der Waals surface area contributed by atoms with Crippen LogP contribution in [0, 0.1) is 13.8 Å². The highest BCUT2D eigenvalue weighted by molar-refractivity contribution is 7.99. The van der Waals surface area contributed by atoms with Gasteiger partial charge in [0.15, 0.2) is 0 Å². The summed E-state index contributed by atoms with van der Waals surface area (Å²) in [6.07, 6.45) is 2.33. The first kappa shape index (κ1) is 16.0. The molecule has 0 aliphatic heterocycles. The first-order chi connectivity index (χ1) is 8.97. The molecule has 0 saturated carbocycles. The quantitative estimate of drug-likeness (QED) is 0.788. The molecule has 0 aliphatic rings. The lowest BCUT2D eigenvalue weighted by Crippen LogP contribution is -2.41. The van der Waals surface area contributed by atoms with Crippen molar-refractivity contribution >= 4 is 17.7 Å². The van der Waals surface area contributed by atoms with E-state index in [9.17, 15) is 9.90 Å². The molecule has 0 spiro atoms. The predicted molar refractivity (Wildman–Crippen MR) is 78.3 cm³/mol. The van der Waals surface area contributed by atoms with Crippen LogP contribution in [0.2, 0.25) is 0 Å². The molecule has 0 radical (unpaired) electrons. The van der Waals surface area contributed by atoms with Crippen molar-refractivity contribution in [2.75, 3.05) is 12.9 Å². The number of aryl methyl sites for hydroxylation is 3. The molecule has 0 saturated heterocycles. The molecule has 0 bridgehead atoms. The molecule has 1 aromatic heterocycles. The summed E-state index contributed by atoms with van der Waals surface area (Å²) in [6, 6.07) is 1.96. The van der Waals surface area contributed by atoms with Crippen LogP contribution in [0.15, 0.2) is 6.07 Å². The second kappa shape index (κ2) is 7.55. The Kier molecular flexibility index (Phi) is 6.37. The monoisotopic (exact) mass is 285 g/mol. The van der Waals surface area contributed by atoms with Crippen LogP contribution in [-0.4, -0.2) is 44.9 Å². The number of aromatic nitrogens is 2. The number of aliphatic hydroxyl groups excluding tert-OH is 1. The minimum atomic E-state index is -0.0343. The maximum absolute atomic E-state index is 11.8. The van der Waals surface area contributed by atoms with Crippen molar-refractivity contribution in [3.8, 4) is 0 Å². The number of nitrogens with one attached hydrogen (secondary N) is 1. The van der Waals surface area contributed by atoms with E-state index in [0.717, 1.165) is 11.4 Å². The molecular formula is C13H23N3O2S. The summed E-state index contributed by atoms with van der Waals surface area (Å²) in [6.45, 7) is 6.49. The van der Waals surface area contributed by atoms with Crippen molar-refractivity contribution in [3.63, 3.8) is 0 Å². The smallest absolute Gasteiger partial charge is 0.222 e. The van der Waals surface area contributed by atoms with Gasteiger partial charge in [0.1, 0.15) is 0 Å². The molecule has 1 amide bonds. The van der Waals surface area contributed by atoms with Gasteiger partial charge in [-0.15, -0.1) is 0 Å². The van der Waals surface area contributed by atoms with E-state index < -0.39 is 0 Å². The summed E-state index contributed by atoms with van der Waals surface area (Å²) in [5.74, 6) is -0.00690. The predicted octanol–water partition coefficient (Wildman–Crippen LogP) is 1.12. The van der Waals surface area contributed by atoms with Crippen molar-refractivity contribution in [2.24, 2.45) is 0 Å². The molecule has 108 valence electrons. The van der Waals surface area contributed by atoms with Crippen LogP contribution in [0.5, 0.6) is 0 Å². The van der Waals surface area contributed by atoms with Gasteiger partial charge in [-0.3, -0.25) is 9.48 Å². The molecular weight excluding hydrogens is 262 g/mol. The van der Waals surface area contributed by atoms with Crippen LogP contribution in [-0.2, 0) is 11.3 Å². The van der Waals surface area contributed by atoms with E-state index in [0.29, 0.717) is 13.0 Å². The fourth-order valence-corrected chi connectivity index (χ4v) is 2.59. The summed E-state index contributed by atoms with van der Waals surface area (Å²) in [5, 5.41) is 16.4. The molecule has 1 rings (SSSR count). The molecule has 2 N–H and O–H groups in total. The van der Waals surface area contributed by atoms with Gasteiger partial charge in [-0.05, 0) is 33.1 Å². The third kappa shape index (κ3) is 4.87. The topological polar surface area (TPSA) is 67.2 Å². The van der Waals surface area contributed by atoms with Crippen molar-refractivity contribution in [1.82, 2.24) is 15.1 Å². The fourth-order valence-electron chi connectivity index (χ4n) is 1.96. The van der Waals surface area contributed by atoms with E-state index >= 15 is 0 Å². The van der Waals surface area contributed by atoms with Crippen molar-refractivity contribution in [1.29, 1.82) is 0 Å². The molecule has 5 nitrogen and oxygen atoms in total. The summed E-state index contributed by atoms with van der Waals surface area (Å²) in [5.41, 5.74) is 2.03. The third-order valence-electron chi connectivity index (χ3n) is 3.08. The number of hydrogen-bond donors (Lipinski definition) is 2. The van der Waals surface area contributed by atoms with Gasteiger partial charge in [0.25, 0.3) is 0 Å². The Labute approximate surface area is 118 Å². The van der Waals surface area contributed by atoms with E-state index in [-0.39, 0.29) is 23.8 Å². The SMILES string of the molecule is CSC(CO)C(C)NC(=O)CCn1nc(C)cc1C. The number of aliphatic hydroxyl groups is 1. The number of hydrogen-bond acceptors (Lipinski definition) is 4. The fraction of sp³-hybridized carbons (Fsp3) is 0.692. The normalized spacial score (nSPS) is 14.2. The van der Waals surface area contributed by atoms with Crippen molar-refractivity contribution < 1.29 is 9.90 Å². The summed E-state index contributed by atoms with van der Waals surface area (Å²) in [4.78, 5) is 11.8. The molecule has 19 heavy (non-hydrogen) atoms. The molecule has 0 aromatic carbocycles. The van der Waals surface area contributed by atoms with Crippen LogP contribution in [0.25, 0.3) is 0 Å². The highest BCUT2D eigenvalue weighted by Gasteiger charge is 2.17. The van der Waals surface area contributed by atoms with Gasteiger partial charge in [0, 0.05) is 30.0 Å². The van der Waals surface area contributed by atoms with E-state index in [1.807, 2.05) is 37.8 Å². The Bertz CT molecular complexity index is 416. The van der Waals surface area contributed by atoms with Crippen LogP contribution >= 0.6 is 11.8 Å². The molecule has 2 unspecified atom stereocenters. The number of carbonyl (C=O) groups excluding carboxylic acids is 1. The minimum Gasteiger partial charge on any atom is -0.395 e. The molecule has 1 heterocycles. The second-order valence-corrected chi connectivity index (χ2v) is 5.79. The Morgan fingerprint density at radius 1 is 1.58 bits per heavy atom. The molecule has 2 atom stereocenters. The van der Waals surface area contributed by atoms with Gasteiger partial charge in [-0.25, -0.2) is 0 Å². The molecule has 1 aromatic rings. The summed E-state index contributed by atoms with van der Waals surface area (Å²) in [7, 11) is 0. The highest BCUT2D eigenvalue weighted by atomic mass is 32.2. The lowest BCUT2D eigenvalue weighted by atomic mass is 10.2. The zero-order valence-corrected chi connectivity index (χ0v) is 12.8.